The van der Waals surface area contributed by atoms with Gasteiger partial charge in [-0.25, -0.2) is 4.39 Å². The van der Waals surface area contributed by atoms with Crippen molar-refractivity contribution in [1.29, 1.82) is 0 Å². The molecule has 2 aromatic carbocycles. The highest BCUT2D eigenvalue weighted by molar-refractivity contribution is 5.94. The molecule has 1 aliphatic rings. The summed E-state index contributed by atoms with van der Waals surface area (Å²) in [5, 5.41) is 2.69. The summed E-state index contributed by atoms with van der Waals surface area (Å²) in [7, 11) is 0. The Kier molecular flexibility index (Phi) is 5.79. The van der Waals surface area contributed by atoms with Crippen molar-refractivity contribution in [3.05, 3.63) is 66.0 Å². The number of amides is 1. The van der Waals surface area contributed by atoms with Gasteiger partial charge in [0.25, 0.3) is 0 Å². The zero-order chi connectivity index (χ0) is 17.6. The van der Waals surface area contributed by atoms with Crippen LogP contribution in [0.5, 0.6) is 0 Å². The van der Waals surface area contributed by atoms with Gasteiger partial charge < -0.3 is 5.32 Å². The third kappa shape index (κ3) is 4.65. The number of carbonyl (C=O) groups is 1. The molecule has 0 radical (unpaired) electrons. The molecule has 1 saturated heterocycles. The van der Waals surface area contributed by atoms with Gasteiger partial charge >= 0.3 is 0 Å². The molecule has 1 heterocycles. The summed E-state index contributed by atoms with van der Waals surface area (Å²) in [4.78, 5) is 17.0. The van der Waals surface area contributed by atoms with Crippen LogP contribution in [0.2, 0.25) is 0 Å². The molecule has 4 nitrogen and oxygen atoms in total. The normalized spacial score (nSPS) is 17.2. The first kappa shape index (κ1) is 17.6. The Labute approximate surface area is 148 Å². The van der Waals surface area contributed by atoms with Gasteiger partial charge in [0.05, 0.1) is 11.7 Å². The van der Waals surface area contributed by atoms with E-state index in [4.69, 9.17) is 0 Å². The van der Waals surface area contributed by atoms with Crippen LogP contribution >= 0.6 is 0 Å². The second-order valence-corrected chi connectivity index (χ2v) is 6.44. The number of carbonyl (C=O) groups excluding carboxylic acids is 1. The number of nitrogens with one attached hydrogen (secondary N) is 1. The molecular formula is C20H24FN3O. The summed E-state index contributed by atoms with van der Waals surface area (Å²) in [6.07, 6.45) is 0. The van der Waals surface area contributed by atoms with Crippen molar-refractivity contribution in [2.24, 2.45) is 0 Å². The monoisotopic (exact) mass is 341 g/mol. The lowest BCUT2D eigenvalue weighted by atomic mass is 10.1. The van der Waals surface area contributed by atoms with E-state index in [1.54, 1.807) is 18.2 Å². The molecule has 0 aliphatic carbocycles. The van der Waals surface area contributed by atoms with Crippen LogP contribution in [-0.2, 0) is 11.3 Å². The van der Waals surface area contributed by atoms with Gasteiger partial charge in [-0.05, 0) is 24.6 Å². The molecule has 132 valence electrons. The second-order valence-electron chi connectivity index (χ2n) is 6.44. The van der Waals surface area contributed by atoms with Crippen molar-refractivity contribution in [3.63, 3.8) is 0 Å². The minimum absolute atomic E-state index is 0.165. The number of piperazine rings is 1. The van der Waals surface area contributed by atoms with Crippen LogP contribution in [0.15, 0.2) is 54.6 Å². The van der Waals surface area contributed by atoms with Crippen molar-refractivity contribution >= 4 is 11.6 Å². The van der Waals surface area contributed by atoms with Crippen molar-refractivity contribution in [1.82, 2.24) is 9.80 Å². The standard InChI is InChI=1S/C20H24FN3O/c1-16(20(25)22-19-10-6-5-9-18(19)21)24-13-11-23(12-14-24)15-17-7-3-2-4-8-17/h2-10,16H,11-15H2,1H3,(H,22,25)/t16-/m1/s1. The largest absolute Gasteiger partial charge is 0.322 e. The molecule has 0 spiro atoms. The number of hydrogen-bond donors (Lipinski definition) is 1. The van der Waals surface area contributed by atoms with E-state index in [9.17, 15) is 9.18 Å². The molecule has 5 heteroatoms. The third-order valence-electron chi connectivity index (χ3n) is 4.71. The van der Waals surface area contributed by atoms with E-state index >= 15 is 0 Å². The molecule has 1 amide bonds. The van der Waals surface area contributed by atoms with E-state index in [0.29, 0.717) is 0 Å². The van der Waals surface area contributed by atoms with Crippen LogP contribution in [0.25, 0.3) is 0 Å². The van der Waals surface area contributed by atoms with Gasteiger partial charge in [0.2, 0.25) is 5.91 Å². The molecule has 0 bridgehead atoms. The summed E-state index contributed by atoms with van der Waals surface area (Å²) >= 11 is 0. The molecule has 0 unspecified atom stereocenters. The Morgan fingerprint density at radius 3 is 2.36 bits per heavy atom. The molecule has 0 aromatic heterocycles. The van der Waals surface area contributed by atoms with Crippen molar-refractivity contribution in [2.45, 2.75) is 19.5 Å². The second kappa shape index (κ2) is 8.23. The van der Waals surface area contributed by atoms with Gasteiger partial charge in [-0.2, -0.15) is 0 Å². The van der Waals surface area contributed by atoms with Crippen LogP contribution in [0.4, 0.5) is 10.1 Å². The maximum Gasteiger partial charge on any atom is 0.241 e. The third-order valence-corrected chi connectivity index (χ3v) is 4.71. The average molecular weight is 341 g/mol. The first-order valence-corrected chi connectivity index (χ1v) is 8.69. The Hall–Kier alpha value is -2.24. The van der Waals surface area contributed by atoms with E-state index in [-0.39, 0.29) is 17.6 Å². The van der Waals surface area contributed by atoms with Gasteiger partial charge in [0.1, 0.15) is 5.82 Å². The highest BCUT2D eigenvalue weighted by Crippen LogP contribution is 2.15. The average Bonchev–Trinajstić information content (AvgIpc) is 2.64. The van der Waals surface area contributed by atoms with Gasteiger partial charge in [0.15, 0.2) is 0 Å². The summed E-state index contributed by atoms with van der Waals surface area (Å²) in [5.41, 5.74) is 1.54. The lowest BCUT2D eigenvalue weighted by Gasteiger charge is -2.37. The zero-order valence-electron chi connectivity index (χ0n) is 14.5. The predicted molar refractivity (Wildman–Crippen MR) is 97.8 cm³/mol. The summed E-state index contributed by atoms with van der Waals surface area (Å²) in [6, 6.07) is 16.4. The first-order valence-electron chi connectivity index (χ1n) is 8.69. The minimum Gasteiger partial charge on any atom is -0.322 e. The molecule has 1 fully saturated rings. The molecule has 3 rings (SSSR count). The maximum absolute atomic E-state index is 13.7. The SMILES string of the molecule is C[C@H](C(=O)Nc1ccccc1F)N1CCN(Cc2ccccc2)CC1. The van der Waals surface area contributed by atoms with Crippen LogP contribution in [0.1, 0.15) is 12.5 Å². The Morgan fingerprint density at radius 1 is 1.04 bits per heavy atom. The lowest BCUT2D eigenvalue weighted by Crippen LogP contribution is -2.52. The lowest BCUT2D eigenvalue weighted by molar-refractivity contribution is -0.121. The summed E-state index contributed by atoms with van der Waals surface area (Å²) < 4.78 is 13.7. The molecule has 0 saturated carbocycles. The molecule has 25 heavy (non-hydrogen) atoms. The number of hydrogen-bond acceptors (Lipinski definition) is 3. The van der Waals surface area contributed by atoms with Gasteiger partial charge in [-0.1, -0.05) is 42.5 Å². The predicted octanol–water partition coefficient (Wildman–Crippen LogP) is 2.97. The fourth-order valence-corrected chi connectivity index (χ4v) is 3.12. The van der Waals surface area contributed by atoms with E-state index < -0.39 is 5.82 Å². The number of anilines is 1. The van der Waals surface area contributed by atoms with E-state index in [0.717, 1.165) is 32.7 Å². The van der Waals surface area contributed by atoms with E-state index in [1.165, 1.54) is 11.6 Å². The summed E-state index contributed by atoms with van der Waals surface area (Å²) in [5.74, 6) is -0.572. The Bertz CT molecular complexity index is 699. The maximum atomic E-state index is 13.7. The van der Waals surface area contributed by atoms with E-state index in [1.807, 2.05) is 13.0 Å². The number of para-hydroxylation sites is 1. The fraction of sp³-hybridized carbons (Fsp3) is 0.350. The van der Waals surface area contributed by atoms with Crippen LogP contribution in [0.3, 0.4) is 0 Å². The summed E-state index contributed by atoms with van der Waals surface area (Å²) in [6.45, 7) is 6.32. The highest BCUT2D eigenvalue weighted by Gasteiger charge is 2.26. The van der Waals surface area contributed by atoms with Crippen LogP contribution in [-0.4, -0.2) is 47.9 Å². The molecule has 1 N–H and O–H groups in total. The Balaban J connectivity index is 1.50. The molecule has 2 aromatic rings. The molecular weight excluding hydrogens is 317 g/mol. The molecule has 1 aliphatic heterocycles. The van der Waals surface area contributed by atoms with Gasteiger partial charge in [-0.15, -0.1) is 0 Å². The quantitative estimate of drug-likeness (QED) is 0.908. The number of halogens is 1. The smallest absolute Gasteiger partial charge is 0.241 e. The number of benzene rings is 2. The van der Waals surface area contributed by atoms with Gasteiger partial charge in [-0.3, -0.25) is 14.6 Å². The van der Waals surface area contributed by atoms with Gasteiger partial charge in [0, 0.05) is 32.7 Å². The minimum atomic E-state index is -0.407. The topological polar surface area (TPSA) is 35.6 Å². The first-order chi connectivity index (χ1) is 12.1. The molecule has 1 atom stereocenters. The van der Waals surface area contributed by atoms with Crippen molar-refractivity contribution in [2.75, 3.05) is 31.5 Å². The van der Waals surface area contributed by atoms with Crippen LogP contribution < -0.4 is 5.32 Å². The van der Waals surface area contributed by atoms with Crippen molar-refractivity contribution < 1.29 is 9.18 Å². The highest BCUT2D eigenvalue weighted by atomic mass is 19.1. The number of nitrogens with zero attached hydrogens (tertiary/aromatic N) is 2. The van der Waals surface area contributed by atoms with E-state index in [2.05, 4.69) is 39.4 Å². The van der Waals surface area contributed by atoms with Crippen molar-refractivity contribution in [3.8, 4) is 0 Å². The Morgan fingerprint density at radius 2 is 1.68 bits per heavy atom. The number of rotatable bonds is 5. The fourth-order valence-electron chi connectivity index (χ4n) is 3.12. The van der Waals surface area contributed by atoms with Crippen LogP contribution in [0, 0.1) is 5.82 Å². The zero-order valence-corrected chi connectivity index (χ0v) is 14.5.